The number of benzene rings is 3. The zero-order chi connectivity index (χ0) is 29.1. The number of nitrogens with one attached hydrogen (secondary N) is 1. The van der Waals surface area contributed by atoms with Crippen LogP contribution in [-0.4, -0.2) is 70.0 Å². The van der Waals surface area contributed by atoms with Gasteiger partial charge >= 0.3 is 0 Å². The number of para-hydroxylation sites is 1. The van der Waals surface area contributed by atoms with Gasteiger partial charge in [0.25, 0.3) is 0 Å². The number of ether oxygens (including phenoxy) is 4. The van der Waals surface area contributed by atoms with Gasteiger partial charge in [0.05, 0.1) is 18.7 Å². The first-order valence-electron chi connectivity index (χ1n) is 13.7. The molecule has 0 spiro atoms. The number of methoxy groups -OCH3 is 1. The average Bonchev–Trinajstić information content (AvgIpc) is 3.78. The Morgan fingerprint density at radius 3 is 2.83 bits per heavy atom. The van der Waals surface area contributed by atoms with Crippen molar-refractivity contribution in [1.29, 1.82) is 0 Å². The summed E-state index contributed by atoms with van der Waals surface area (Å²) in [5.41, 5.74) is 2.55. The molecule has 2 aliphatic heterocycles. The van der Waals surface area contributed by atoms with E-state index in [2.05, 4.69) is 15.6 Å². The van der Waals surface area contributed by atoms with E-state index in [1.54, 1.807) is 24.3 Å². The topological polar surface area (TPSA) is 137 Å². The minimum atomic E-state index is -1.08. The maximum absolute atomic E-state index is 14.2. The number of hydrogen-bond acceptors (Lipinski definition) is 9. The van der Waals surface area contributed by atoms with Gasteiger partial charge in [-0.2, -0.15) is 0 Å². The van der Waals surface area contributed by atoms with Gasteiger partial charge in [-0.15, -0.1) is 5.10 Å². The second kappa shape index (κ2) is 12.0. The van der Waals surface area contributed by atoms with Crippen LogP contribution in [0.25, 0.3) is 11.0 Å². The SMILES string of the molecule is COc1cc([C@@H](C(=O)NC[C@H]2CCCO2)N(Cc2ccc3c(c2)OCO3)C(=O)Cn2nnc3ccccc32)ccc1O. The van der Waals surface area contributed by atoms with Crippen molar-refractivity contribution in [3.05, 3.63) is 71.8 Å². The predicted molar refractivity (Wildman–Crippen MR) is 150 cm³/mol. The molecule has 4 aromatic rings. The van der Waals surface area contributed by atoms with Crippen molar-refractivity contribution in [3.63, 3.8) is 0 Å². The van der Waals surface area contributed by atoms with E-state index in [1.165, 1.54) is 22.8 Å². The van der Waals surface area contributed by atoms with Gasteiger partial charge in [0.1, 0.15) is 18.1 Å². The van der Waals surface area contributed by atoms with Crippen molar-refractivity contribution < 1.29 is 33.6 Å². The Morgan fingerprint density at radius 1 is 1.14 bits per heavy atom. The maximum Gasteiger partial charge on any atom is 0.247 e. The number of phenols is 1. The molecule has 0 unspecified atom stereocenters. The summed E-state index contributed by atoms with van der Waals surface area (Å²) in [6.07, 6.45) is 1.68. The third kappa shape index (κ3) is 5.66. The van der Waals surface area contributed by atoms with Crippen LogP contribution in [0, 0.1) is 0 Å². The van der Waals surface area contributed by atoms with Gasteiger partial charge in [0.15, 0.2) is 23.0 Å². The lowest BCUT2D eigenvalue weighted by Gasteiger charge is -2.32. The largest absolute Gasteiger partial charge is 0.504 e. The van der Waals surface area contributed by atoms with Crippen molar-refractivity contribution in [2.45, 2.75) is 38.1 Å². The third-order valence-electron chi connectivity index (χ3n) is 7.42. The van der Waals surface area contributed by atoms with E-state index in [-0.39, 0.29) is 43.4 Å². The smallest absolute Gasteiger partial charge is 0.247 e. The molecule has 6 rings (SSSR count). The highest BCUT2D eigenvalue weighted by Crippen LogP contribution is 2.35. The Morgan fingerprint density at radius 2 is 2.00 bits per heavy atom. The number of amides is 2. The van der Waals surface area contributed by atoms with Crippen molar-refractivity contribution in [3.8, 4) is 23.0 Å². The van der Waals surface area contributed by atoms with Crippen molar-refractivity contribution in [2.75, 3.05) is 27.1 Å². The number of aromatic hydroxyl groups is 1. The molecule has 1 aromatic heterocycles. The fraction of sp³-hybridized carbons (Fsp3) is 0.333. The molecular formula is C30H31N5O7. The number of carbonyl (C=O) groups excluding carboxylic acids is 2. The van der Waals surface area contributed by atoms with Crippen LogP contribution >= 0.6 is 0 Å². The molecule has 0 saturated carbocycles. The zero-order valence-electron chi connectivity index (χ0n) is 23.1. The minimum absolute atomic E-state index is 0.0727. The van der Waals surface area contributed by atoms with E-state index in [4.69, 9.17) is 18.9 Å². The van der Waals surface area contributed by atoms with Gasteiger partial charge in [-0.05, 0) is 60.4 Å². The summed E-state index contributed by atoms with van der Waals surface area (Å²) in [5.74, 6) is 0.515. The number of fused-ring (bicyclic) bond motifs is 2. The van der Waals surface area contributed by atoms with E-state index >= 15 is 0 Å². The van der Waals surface area contributed by atoms with Crippen molar-refractivity contribution in [1.82, 2.24) is 25.2 Å². The van der Waals surface area contributed by atoms with Gasteiger partial charge in [-0.3, -0.25) is 9.59 Å². The second-order valence-corrected chi connectivity index (χ2v) is 10.2. The molecule has 2 aliphatic rings. The highest BCUT2D eigenvalue weighted by molar-refractivity contribution is 5.89. The van der Waals surface area contributed by atoms with Crippen LogP contribution in [-0.2, 0) is 27.4 Å². The van der Waals surface area contributed by atoms with Gasteiger partial charge < -0.3 is 34.3 Å². The molecule has 2 amide bonds. The number of carbonyl (C=O) groups is 2. The summed E-state index contributed by atoms with van der Waals surface area (Å²) in [6.45, 7) is 0.992. The first-order chi connectivity index (χ1) is 20.5. The summed E-state index contributed by atoms with van der Waals surface area (Å²) in [5, 5.41) is 21.6. The molecule has 3 aromatic carbocycles. The molecule has 2 atom stereocenters. The van der Waals surface area contributed by atoms with E-state index in [0.717, 1.165) is 18.4 Å². The van der Waals surface area contributed by atoms with Gasteiger partial charge in [0.2, 0.25) is 18.6 Å². The number of phenolic OH excluding ortho intramolecular Hbond substituents is 1. The highest BCUT2D eigenvalue weighted by Gasteiger charge is 2.34. The average molecular weight is 574 g/mol. The minimum Gasteiger partial charge on any atom is -0.504 e. The van der Waals surface area contributed by atoms with E-state index < -0.39 is 11.9 Å². The van der Waals surface area contributed by atoms with Gasteiger partial charge in [0, 0.05) is 19.7 Å². The lowest BCUT2D eigenvalue weighted by Crippen LogP contribution is -2.46. The maximum atomic E-state index is 14.2. The first-order valence-corrected chi connectivity index (χ1v) is 13.7. The molecular weight excluding hydrogens is 542 g/mol. The normalized spacial score (nSPS) is 16.4. The highest BCUT2D eigenvalue weighted by atomic mass is 16.7. The Kier molecular flexibility index (Phi) is 7.78. The van der Waals surface area contributed by atoms with Gasteiger partial charge in [-0.1, -0.05) is 29.5 Å². The molecule has 1 saturated heterocycles. The van der Waals surface area contributed by atoms with Crippen molar-refractivity contribution in [2.24, 2.45) is 0 Å². The quantitative estimate of drug-likeness (QED) is 0.293. The number of hydrogen-bond donors (Lipinski definition) is 2. The predicted octanol–water partition coefficient (Wildman–Crippen LogP) is 2.94. The van der Waals surface area contributed by atoms with E-state index in [1.807, 2.05) is 30.3 Å². The molecule has 12 heteroatoms. The first kappa shape index (κ1) is 27.3. The molecule has 1 fully saturated rings. The Labute approximate surface area is 241 Å². The summed E-state index contributed by atoms with van der Waals surface area (Å²) in [4.78, 5) is 29.7. The summed E-state index contributed by atoms with van der Waals surface area (Å²) in [6, 6.07) is 16.3. The van der Waals surface area contributed by atoms with Crippen LogP contribution in [0.5, 0.6) is 23.0 Å². The lowest BCUT2D eigenvalue weighted by molar-refractivity contribution is -0.142. The molecule has 218 valence electrons. The van der Waals surface area contributed by atoms with E-state index in [9.17, 15) is 14.7 Å². The van der Waals surface area contributed by atoms with E-state index in [0.29, 0.717) is 41.2 Å². The van der Waals surface area contributed by atoms with Crippen LogP contribution in [0.15, 0.2) is 60.7 Å². The molecule has 0 bridgehead atoms. The second-order valence-electron chi connectivity index (χ2n) is 10.2. The van der Waals surface area contributed by atoms with Crippen LogP contribution in [0.3, 0.4) is 0 Å². The zero-order valence-corrected chi connectivity index (χ0v) is 23.1. The summed E-state index contributed by atoms with van der Waals surface area (Å²) < 4.78 is 23.6. The monoisotopic (exact) mass is 573 g/mol. The Bertz CT molecular complexity index is 1600. The summed E-state index contributed by atoms with van der Waals surface area (Å²) >= 11 is 0. The van der Waals surface area contributed by atoms with Crippen LogP contribution in [0.4, 0.5) is 0 Å². The Balaban J connectivity index is 1.38. The van der Waals surface area contributed by atoms with Crippen LogP contribution in [0.1, 0.15) is 30.0 Å². The standard InChI is InChI=1S/C30H31N5O7/c1-39-26-14-20(9-10-24(26)36)29(30(38)31-15-21-5-4-12-40-21)34(16-19-8-11-25-27(13-19)42-18-41-25)28(37)17-35-23-7-3-2-6-22(23)32-33-35/h2-3,6-11,13-14,21,29,36H,4-5,12,15-18H2,1H3,(H,31,38)/t21-,29+/m1/s1. The third-order valence-corrected chi connectivity index (χ3v) is 7.42. The molecule has 42 heavy (non-hydrogen) atoms. The number of aromatic nitrogens is 3. The molecule has 0 radical (unpaired) electrons. The van der Waals surface area contributed by atoms with Crippen LogP contribution in [0.2, 0.25) is 0 Å². The molecule has 2 N–H and O–H groups in total. The molecule has 12 nitrogen and oxygen atoms in total. The Hall–Kier alpha value is -4.84. The van der Waals surface area contributed by atoms with Crippen LogP contribution < -0.4 is 19.5 Å². The van der Waals surface area contributed by atoms with Gasteiger partial charge in [-0.25, -0.2) is 4.68 Å². The van der Waals surface area contributed by atoms with Crippen molar-refractivity contribution >= 4 is 22.8 Å². The number of nitrogens with zero attached hydrogens (tertiary/aromatic N) is 4. The lowest BCUT2D eigenvalue weighted by atomic mass is 10.0. The fourth-order valence-electron chi connectivity index (χ4n) is 5.27. The fourth-order valence-corrected chi connectivity index (χ4v) is 5.27. The number of rotatable bonds is 10. The molecule has 3 heterocycles. The molecule has 0 aliphatic carbocycles. The summed E-state index contributed by atoms with van der Waals surface area (Å²) in [7, 11) is 1.43.